The van der Waals surface area contributed by atoms with Gasteiger partial charge in [0.15, 0.2) is 6.10 Å². The lowest BCUT2D eigenvalue weighted by molar-refractivity contribution is -0.142. The molecule has 2 aromatic rings. The highest BCUT2D eigenvalue weighted by Crippen LogP contribution is 2.33. The molecule has 1 fully saturated rings. The predicted octanol–water partition coefficient (Wildman–Crippen LogP) is 2.20. The largest absolute Gasteiger partial charge is 0.480 e. The van der Waals surface area contributed by atoms with Crippen molar-refractivity contribution in [1.29, 1.82) is 0 Å². The van der Waals surface area contributed by atoms with Crippen LogP contribution in [0.4, 0.5) is 0 Å². The minimum Gasteiger partial charge on any atom is -0.480 e. The summed E-state index contributed by atoms with van der Waals surface area (Å²) in [6.45, 7) is 3.48. The molecule has 1 atom stereocenters. The third-order valence-electron chi connectivity index (χ3n) is 5.37. The highest BCUT2D eigenvalue weighted by Gasteiger charge is 2.38. The Labute approximate surface area is 157 Å². The fourth-order valence-electron chi connectivity index (χ4n) is 3.75. The van der Waals surface area contributed by atoms with Gasteiger partial charge in [0, 0.05) is 36.9 Å². The molecule has 138 valence electrons. The summed E-state index contributed by atoms with van der Waals surface area (Å²) in [6, 6.07) is 5.44. The fraction of sp³-hybridized carbons (Fsp3) is 0.474. The van der Waals surface area contributed by atoms with E-state index in [-0.39, 0.29) is 5.91 Å². The van der Waals surface area contributed by atoms with Gasteiger partial charge in [0.25, 0.3) is 5.91 Å². The summed E-state index contributed by atoms with van der Waals surface area (Å²) >= 11 is 6.01. The lowest BCUT2D eigenvalue weighted by atomic mass is 9.91. The molecule has 6 nitrogen and oxygen atoms in total. The number of aliphatic hydroxyl groups is 1. The summed E-state index contributed by atoms with van der Waals surface area (Å²) in [5, 5.41) is 11.5. The van der Waals surface area contributed by atoms with Gasteiger partial charge < -0.3 is 19.3 Å². The van der Waals surface area contributed by atoms with Crippen molar-refractivity contribution in [3.05, 3.63) is 47.0 Å². The van der Waals surface area contributed by atoms with E-state index in [2.05, 4.69) is 4.98 Å². The maximum Gasteiger partial charge on any atom is 0.263 e. The SMILES string of the molecule is Cc1nccn1CC1(O)CCN(C(=O)C2Cc3cc(Cl)ccc3O2)CC1. The average Bonchev–Trinajstić information content (AvgIpc) is 3.21. The van der Waals surface area contributed by atoms with Gasteiger partial charge in [-0.15, -0.1) is 0 Å². The quantitative estimate of drug-likeness (QED) is 0.893. The summed E-state index contributed by atoms with van der Waals surface area (Å²) in [7, 11) is 0. The second kappa shape index (κ2) is 6.59. The molecule has 0 saturated carbocycles. The number of fused-ring (bicyclic) bond motifs is 1. The van der Waals surface area contributed by atoms with Gasteiger partial charge in [0.05, 0.1) is 12.1 Å². The normalized spacial score (nSPS) is 21.3. The molecule has 7 heteroatoms. The van der Waals surface area contributed by atoms with Gasteiger partial charge in [0.2, 0.25) is 0 Å². The van der Waals surface area contributed by atoms with Crippen LogP contribution in [-0.2, 0) is 17.8 Å². The van der Waals surface area contributed by atoms with Crippen LogP contribution >= 0.6 is 11.6 Å². The molecule has 0 aliphatic carbocycles. The molecule has 0 spiro atoms. The monoisotopic (exact) mass is 375 g/mol. The highest BCUT2D eigenvalue weighted by molar-refractivity contribution is 6.30. The molecule has 1 N–H and O–H groups in total. The topological polar surface area (TPSA) is 67.6 Å². The van der Waals surface area contributed by atoms with Crippen LogP contribution in [0.2, 0.25) is 5.02 Å². The van der Waals surface area contributed by atoms with E-state index in [1.165, 1.54) is 0 Å². The summed E-state index contributed by atoms with van der Waals surface area (Å²) in [5.41, 5.74) is 0.162. The number of benzene rings is 1. The van der Waals surface area contributed by atoms with Gasteiger partial charge in [-0.1, -0.05) is 11.6 Å². The number of aryl methyl sites for hydroxylation is 1. The first-order chi connectivity index (χ1) is 12.4. The van der Waals surface area contributed by atoms with Gasteiger partial charge in [0.1, 0.15) is 11.6 Å². The number of rotatable bonds is 3. The Bertz CT molecular complexity index is 827. The first-order valence-electron chi connectivity index (χ1n) is 8.87. The van der Waals surface area contributed by atoms with Gasteiger partial charge in [-0.25, -0.2) is 4.98 Å². The van der Waals surface area contributed by atoms with Gasteiger partial charge >= 0.3 is 0 Å². The number of ether oxygens (including phenoxy) is 1. The number of hydrogen-bond acceptors (Lipinski definition) is 4. The molecule has 0 bridgehead atoms. The molecular weight excluding hydrogens is 354 g/mol. The van der Waals surface area contributed by atoms with E-state index >= 15 is 0 Å². The van der Waals surface area contributed by atoms with E-state index in [1.54, 1.807) is 17.2 Å². The van der Waals surface area contributed by atoms with Gasteiger partial charge in [-0.05, 0) is 43.5 Å². The minimum atomic E-state index is -0.810. The average molecular weight is 376 g/mol. The fourth-order valence-corrected chi connectivity index (χ4v) is 3.94. The second-order valence-corrected chi connectivity index (χ2v) is 7.65. The molecule has 2 aliphatic heterocycles. The Morgan fingerprint density at radius 1 is 1.42 bits per heavy atom. The van der Waals surface area contributed by atoms with Crippen LogP contribution < -0.4 is 4.74 Å². The maximum absolute atomic E-state index is 12.8. The number of carbonyl (C=O) groups is 1. The van der Waals surface area contributed by atoms with Gasteiger partial charge in [-0.2, -0.15) is 0 Å². The zero-order chi connectivity index (χ0) is 18.3. The standard InChI is InChI=1S/C19H22ClN3O3/c1-13-21-6-9-23(13)12-19(25)4-7-22(8-5-19)18(24)17-11-14-10-15(20)2-3-16(14)26-17/h2-3,6,9-10,17,25H,4-5,7-8,11-12H2,1H3. The summed E-state index contributed by atoms with van der Waals surface area (Å²) in [5.74, 6) is 1.60. The predicted molar refractivity (Wildman–Crippen MR) is 97.3 cm³/mol. The van der Waals surface area contributed by atoms with Crippen LogP contribution in [0.3, 0.4) is 0 Å². The number of hydrogen-bond donors (Lipinski definition) is 1. The molecule has 2 aliphatic rings. The van der Waals surface area contributed by atoms with Crippen LogP contribution in [-0.4, -0.2) is 50.3 Å². The van der Waals surface area contributed by atoms with Crippen molar-refractivity contribution in [2.75, 3.05) is 13.1 Å². The van der Waals surface area contributed by atoms with E-state index < -0.39 is 11.7 Å². The van der Waals surface area contributed by atoms with Crippen LogP contribution in [0.25, 0.3) is 0 Å². The highest BCUT2D eigenvalue weighted by atomic mass is 35.5. The van der Waals surface area contributed by atoms with Crippen LogP contribution in [0, 0.1) is 6.92 Å². The van der Waals surface area contributed by atoms with Crippen LogP contribution in [0.15, 0.2) is 30.6 Å². The smallest absolute Gasteiger partial charge is 0.263 e. The summed E-state index contributed by atoms with van der Waals surface area (Å²) in [6.07, 6.45) is 4.75. The van der Waals surface area contributed by atoms with E-state index in [1.807, 2.05) is 29.8 Å². The number of piperidine rings is 1. The van der Waals surface area contributed by atoms with E-state index in [0.717, 1.165) is 17.1 Å². The maximum atomic E-state index is 12.8. The first kappa shape index (κ1) is 17.4. The van der Waals surface area contributed by atoms with Crippen molar-refractivity contribution in [2.24, 2.45) is 0 Å². The lowest BCUT2D eigenvalue weighted by Crippen LogP contribution is -2.51. The Morgan fingerprint density at radius 2 is 2.19 bits per heavy atom. The lowest BCUT2D eigenvalue weighted by Gasteiger charge is -2.39. The zero-order valence-corrected chi connectivity index (χ0v) is 15.4. The van der Waals surface area contributed by atoms with Crippen molar-refractivity contribution in [3.8, 4) is 5.75 Å². The molecule has 0 radical (unpaired) electrons. The third kappa shape index (κ3) is 3.31. The summed E-state index contributed by atoms with van der Waals surface area (Å²) in [4.78, 5) is 18.8. The van der Waals surface area contributed by atoms with Gasteiger partial charge in [-0.3, -0.25) is 4.79 Å². The van der Waals surface area contributed by atoms with Crippen LogP contribution in [0.5, 0.6) is 5.75 Å². The zero-order valence-electron chi connectivity index (χ0n) is 14.7. The summed E-state index contributed by atoms with van der Waals surface area (Å²) < 4.78 is 7.76. The van der Waals surface area contributed by atoms with Crippen molar-refractivity contribution in [2.45, 2.75) is 44.4 Å². The molecule has 1 amide bonds. The Kier molecular flexibility index (Phi) is 4.40. The minimum absolute atomic E-state index is 0.0156. The number of amides is 1. The molecular formula is C19H22ClN3O3. The molecule has 1 unspecified atom stereocenters. The molecule has 26 heavy (non-hydrogen) atoms. The number of aromatic nitrogens is 2. The van der Waals surface area contributed by atoms with E-state index in [4.69, 9.17) is 16.3 Å². The van der Waals surface area contributed by atoms with E-state index in [0.29, 0.717) is 43.9 Å². The second-order valence-electron chi connectivity index (χ2n) is 7.21. The Morgan fingerprint density at radius 3 is 2.88 bits per heavy atom. The number of nitrogens with zero attached hydrogens (tertiary/aromatic N) is 3. The van der Waals surface area contributed by atoms with Crippen LogP contribution in [0.1, 0.15) is 24.2 Å². The number of carbonyl (C=O) groups excluding carboxylic acids is 1. The molecule has 3 heterocycles. The molecule has 4 rings (SSSR count). The number of imidazole rings is 1. The van der Waals surface area contributed by atoms with E-state index in [9.17, 15) is 9.90 Å². The Balaban J connectivity index is 1.36. The first-order valence-corrected chi connectivity index (χ1v) is 9.25. The molecule has 1 aromatic carbocycles. The van der Waals surface area contributed by atoms with Crippen molar-refractivity contribution < 1.29 is 14.6 Å². The molecule has 1 saturated heterocycles. The Hall–Kier alpha value is -2.05. The number of halogens is 1. The van der Waals surface area contributed by atoms with Crippen molar-refractivity contribution in [3.63, 3.8) is 0 Å². The molecule has 1 aromatic heterocycles. The number of likely N-dealkylation sites (tertiary alicyclic amines) is 1. The van der Waals surface area contributed by atoms with Crippen molar-refractivity contribution in [1.82, 2.24) is 14.5 Å². The third-order valence-corrected chi connectivity index (χ3v) is 5.60. The van der Waals surface area contributed by atoms with Crippen molar-refractivity contribution >= 4 is 17.5 Å².